The molecule has 1 spiro atoms. The highest BCUT2D eigenvalue weighted by atomic mass is 16.2. The van der Waals surface area contributed by atoms with Crippen molar-refractivity contribution in [2.45, 2.75) is 40.0 Å². The van der Waals surface area contributed by atoms with Gasteiger partial charge in [0, 0.05) is 49.6 Å². The SMILES string of the molecule is CC(C)(C)CN1CCCC2(CCN(C(=O)c3cccc(-n4cccn4)c3)C2)C1. The lowest BCUT2D eigenvalue weighted by Crippen LogP contribution is -2.47. The minimum Gasteiger partial charge on any atom is -0.338 e. The molecule has 5 nitrogen and oxygen atoms in total. The summed E-state index contributed by atoms with van der Waals surface area (Å²) < 4.78 is 1.80. The number of carbonyl (C=O) groups excluding carboxylic acids is 1. The summed E-state index contributed by atoms with van der Waals surface area (Å²) in [6, 6.07) is 9.70. The quantitative estimate of drug-likeness (QED) is 0.812. The fourth-order valence-corrected chi connectivity index (χ4v) is 4.94. The van der Waals surface area contributed by atoms with Gasteiger partial charge in [0.15, 0.2) is 0 Å². The number of nitrogens with zero attached hydrogens (tertiary/aromatic N) is 4. The predicted molar refractivity (Wildman–Crippen MR) is 112 cm³/mol. The molecule has 4 rings (SSSR count). The summed E-state index contributed by atoms with van der Waals surface area (Å²) in [5.74, 6) is 0.152. The van der Waals surface area contributed by atoms with Gasteiger partial charge in [-0.2, -0.15) is 5.10 Å². The first-order valence-electron chi connectivity index (χ1n) is 10.5. The molecule has 0 N–H and O–H groups in total. The van der Waals surface area contributed by atoms with Gasteiger partial charge in [-0.15, -0.1) is 0 Å². The van der Waals surface area contributed by atoms with Gasteiger partial charge in [0.05, 0.1) is 5.69 Å². The number of likely N-dealkylation sites (tertiary alicyclic amines) is 2. The van der Waals surface area contributed by atoms with Crippen molar-refractivity contribution in [2.75, 3.05) is 32.7 Å². The van der Waals surface area contributed by atoms with E-state index in [1.54, 1.807) is 10.9 Å². The Labute approximate surface area is 168 Å². The molecule has 1 aromatic heterocycles. The van der Waals surface area contributed by atoms with Crippen LogP contribution in [0.15, 0.2) is 42.7 Å². The van der Waals surface area contributed by atoms with Crippen LogP contribution in [0.25, 0.3) is 5.69 Å². The zero-order valence-electron chi connectivity index (χ0n) is 17.4. The van der Waals surface area contributed by atoms with Crippen LogP contribution in [0.2, 0.25) is 0 Å². The molecule has 0 aliphatic carbocycles. The second-order valence-corrected chi connectivity index (χ2v) is 9.85. The van der Waals surface area contributed by atoms with Crippen LogP contribution in [0.1, 0.15) is 50.4 Å². The van der Waals surface area contributed by atoms with Crippen LogP contribution in [-0.2, 0) is 0 Å². The molecule has 0 radical (unpaired) electrons. The molecule has 28 heavy (non-hydrogen) atoms. The van der Waals surface area contributed by atoms with Crippen LogP contribution < -0.4 is 0 Å². The Morgan fingerprint density at radius 3 is 2.75 bits per heavy atom. The first-order valence-corrected chi connectivity index (χ1v) is 10.5. The summed E-state index contributed by atoms with van der Waals surface area (Å²) in [7, 11) is 0. The maximum atomic E-state index is 13.2. The molecule has 2 aliphatic rings. The molecule has 1 amide bonds. The Morgan fingerprint density at radius 2 is 2.00 bits per heavy atom. The third-order valence-electron chi connectivity index (χ3n) is 6.03. The van der Waals surface area contributed by atoms with Gasteiger partial charge in [0.25, 0.3) is 5.91 Å². The molecule has 0 saturated carbocycles. The first kappa shape index (κ1) is 19.2. The highest BCUT2D eigenvalue weighted by molar-refractivity contribution is 5.95. The van der Waals surface area contributed by atoms with Crippen molar-refractivity contribution in [3.8, 4) is 5.69 Å². The fourth-order valence-electron chi connectivity index (χ4n) is 4.94. The van der Waals surface area contributed by atoms with E-state index in [1.165, 1.54) is 19.4 Å². The molecular weight excluding hydrogens is 348 g/mol. The number of hydrogen-bond acceptors (Lipinski definition) is 3. The van der Waals surface area contributed by atoms with E-state index < -0.39 is 0 Å². The number of aromatic nitrogens is 2. The van der Waals surface area contributed by atoms with E-state index in [1.807, 2.05) is 36.5 Å². The summed E-state index contributed by atoms with van der Waals surface area (Å²) in [6.07, 6.45) is 7.27. The standard InChI is InChI=1S/C23H32N4O/c1-22(2,3)16-25-12-5-9-23(17-25)10-14-26(18-23)21(28)19-7-4-8-20(15-19)27-13-6-11-24-27/h4,6-8,11,13,15H,5,9-10,12,14,16-18H2,1-3H3. The average Bonchev–Trinajstić information content (AvgIpc) is 3.31. The van der Waals surface area contributed by atoms with Crippen molar-refractivity contribution in [3.63, 3.8) is 0 Å². The van der Waals surface area contributed by atoms with Gasteiger partial charge in [0.2, 0.25) is 0 Å². The summed E-state index contributed by atoms with van der Waals surface area (Å²) in [5, 5.41) is 4.28. The number of hydrogen-bond donors (Lipinski definition) is 0. The predicted octanol–water partition coefficient (Wildman–Crippen LogP) is 3.85. The molecule has 150 valence electrons. The third kappa shape index (κ3) is 4.14. The molecule has 1 aromatic carbocycles. The molecule has 2 saturated heterocycles. The largest absolute Gasteiger partial charge is 0.338 e. The van der Waals surface area contributed by atoms with Crippen LogP contribution >= 0.6 is 0 Å². The Balaban J connectivity index is 1.45. The van der Waals surface area contributed by atoms with E-state index in [4.69, 9.17) is 0 Å². The fraction of sp³-hybridized carbons (Fsp3) is 0.565. The van der Waals surface area contributed by atoms with Crippen molar-refractivity contribution < 1.29 is 4.79 Å². The van der Waals surface area contributed by atoms with Gasteiger partial charge in [-0.3, -0.25) is 4.79 Å². The van der Waals surface area contributed by atoms with E-state index in [0.29, 0.717) is 5.41 Å². The van der Waals surface area contributed by atoms with Crippen molar-refractivity contribution in [3.05, 3.63) is 48.3 Å². The molecule has 0 bridgehead atoms. The maximum Gasteiger partial charge on any atom is 0.253 e. The van der Waals surface area contributed by atoms with Crippen molar-refractivity contribution in [1.82, 2.24) is 19.6 Å². The molecule has 3 heterocycles. The Hall–Kier alpha value is -2.14. The Bertz CT molecular complexity index is 823. The highest BCUT2D eigenvalue weighted by Gasteiger charge is 2.43. The topological polar surface area (TPSA) is 41.4 Å². The van der Waals surface area contributed by atoms with Crippen molar-refractivity contribution in [2.24, 2.45) is 10.8 Å². The molecule has 2 aromatic rings. The molecular formula is C23H32N4O. The van der Waals surface area contributed by atoms with E-state index in [9.17, 15) is 4.79 Å². The minimum absolute atomic E-state index is 0.152. The normalized spacial score (nSPS) is 23.5. The molecule has 2 fully saturated rings. The van der Waals surface area contributed by atoms with Crippen LogP contribution in [-0.4, -0.2) is 58.2 Å². The van der Waals surface area contributed by atoms with E-state index >= 15 is 0 Å². The number of piperidine rings is 1. The zero-order chi connectivity index (χ0) is 19.8. The summed E-state index contributed by atoms with van der Waals surface area (Å²) in [6.45, 7) is 12.1. The molecule has 5 heteroatoms. The van der Waals surface area contributed by atoms with E-state index in [-0.39, 0.29) is 11.3 Å². The third-order valence-corrected chi connectivity index (χ3v) is 6.03. The van der Waals surface area contributed by atoms with E-state index in [2.05, 4.69) is 35.7 Å². The van der Waals surface area contributed by atoms with Crippen molar-refractivity contribution >= 4 is 5.91 Å². The molecule has 1 unspecified atom stereocenters. The van der Waals surface area contributed by atoms with Gasteiger partial charge in [-0.05, 0) is 55.5 Å². The number of rotatable bonds is 3. The Kier molecular flexibility index (Phi) is 5.04. The highest BCUT2D eigenvalue weighted by Crippen LogP contribution is 2.40. The smallest absolute Gasteiger partial charge is 0.253 e. The first-order chi connectivity index (χ1) is 13.3. The average molecular weight is 381 g/mol. The second kappa shape index (κ2) is 7.36. The number of amides is 1. The van der Waals surface area contributed by atoms with Gasteiger partial charge < -0.3 is 9.80 Å². The summed E-state index contributed by atoms with van der Waals surface area (Å²) in [5.41, 5.74) is 2.28. The number of benzene rings is 1. The van der Waals surface area contributed by atoms with Gasteiger partial charge in [-0.1, -0.05) is 26.8 Å². The van der Waals surface area contributed by atoms with Crippen LogP contribution in [0.4, 0.5) is 0 Å². The second-order valence-electron chi connectivity index (χ2n) is 9.85. The van der Waals surface area contributed by atoms with Crippen LogP contribution in [0, 0.1) is 10.8 Å². The summed E-state index contributed by atoms with van der Waals surface area (Å²) in [4.78, 5) is 17.9. The lowest BCUT2D eigenvalue weighted by Gasteiger charge is -2.42. The summed E-state index contributed by atoms with van der Waals surface area (Å²) >= 11 is 0. The van der Waals surface area contributed by atoms with Gasteiger partial charge in [0.1, 0.15) is 0 Å². The lowest BCUT2D eigenvalue weighted by molar-refractivity contribution is 0.0595. The molecule has 2 aliphatic heterocycles. The van der Waals surface area contributed by atoms with Gasteiger partial charge in [-0.25, -0.2) is 4.68 Å². The van der Waals surface area contributed by atoms with Crippen molar-refractivity contribution in [1.29, 1.82) is 0 Å². The van der Waals surface area contributed by atoms with Crippen LogP contribution in [0.3, 0.4) is 0 Å². The minimum atomic E-state index is 0.152. The monoisotopic (exact) mass is 380 g/mol. The van der Waals surface area contributed by atoms with Gasteiger partial charge >= 0.3 is 0 Å². The molecule has 1 atom stereocenters. The van der Waals surface area contributed by atoms with Crippen LogP contribution in [0.5, 0.6) is 0 Å². The number of carbonyl (C=O) groups is 1. The van der Waals surface area contributed by atoms with E-state index in [0.717, 1.165) is 43.9 Å². The zero-order valence-corrected chi connectivity index (χ0v) is 17.4. The Morgan fingerprint density at radius 1 is 1.14 bits per heavy atom. The lowest BCUT2D eigenvalue weighted by atomic mass is 9.78. The maximum absolute atomic E-state index is 13.2.